The van der Waals surface area contributed by atoms with Crippen LogP contribution in [0.25, 0.3) is 0 Å². The van der Waals surface area contributed by atoms with Gasteiger partial charge in [0.1, 0.15) is 18.1 Å². The number of aliphatic carboxylic acids is 1. The molecule has 0 heterocycles. The highest BCUT2D eigenvalue weighted by Crippen LogP contribution is 2.09. The summed E-state index contributed by atoms with van der Waals surface area (Å²) in [7, 11) is 0. The Bertz CT molecular complexity index is 782. The fourth-order valence-corrected chi connectivity index (χ4v) is 3.10. The molecule has 35 heavy (non-hydrogen) atoms. The van der Waals surface area contributed by atoms with E-state index in [4.69, 9.17) is 22.9 Å². The number of hydrogen-bond acceptors (Lipinski definition) is 7. The molecule has 0 radical (unpaired) electrons. The van der Waals surface area contributed by atoms with Crippen molar-refractivity contribution in [2.24, 2.45) is 39.8 Å². The van der Waals surface area contributed by atoms with E-state index in [0.29, 0.717) is 6.42 Å². The van der Waals surface area contributed by atoms with Crippen molar-refractivity contribution < 1.29 is 29.1 Å². The molecule has 0 aromatic heterocycles. The van der Waals surface area contributed by atoms with E-state index in [-0.39, 0.29) is 31.3 Å². The number of aliphatic imine (C=N–C) groups is 1. The first kappa shape index (κ1) is 31.6. The maximum absolute atomic E-state index is 13.0. The number of nitrogens with one attached hydrogen (secondary N) is 3. The Labute approximate surface area is 205 Å². The van der Waals surface area contributed by atoms with E-state index in [0.717, 1.165) is 0 Å². The molecule has 12 N–H and O–H groups in total. The van der Waals surface area contributed by atoms with E-state index in [1.165, 1.54) is 0 Å². The zero-order chi connectivity index (χ0) is 27.3. The number of primary amides is 1. The summed E-state index contributed by atoms with van der Waals surface area (Å²) in [5, 5.41) is 16.9. The molecule has 0 spiro atoms. The van der Waals surface area contributed by atoms with Gasteiger partial charge in [0.25, 0.3) is 0 Å². The topological polar surface area (TPSA) is 258 Å². The van der Waals surface area contributed by atoms with Gasteiger partial charge >= 0.3 is 5.97 Å². The van der Waals surface area contributed by atoms with Gasteiger partial charge in [-0.25, -0.2) is 4.79 Å². The second kappa shape index (κ2) is 15.5. The monoisotopic (exact) mass is 500 g/mol. The molecule has 0 saturated heterocycles. The molecule has 0 fully saturated rings. The Morgan fingerprint density at radius 1 is 0.857 bits per heavy atom. The van der Waals surface area contributed by atoms with Crippen LogP contribution in [0.3, 0.4) is 0 Å². The zero-order valence-electron chi connectivity index (χ0n) is 20.7. The summed E-state index contributed by atoms with van der Waals surface area (Å²) in [6.07, 6.45) is 0.196. The van der Waals surface area contributed by atoms with Gasteiger partial charge in [-0.1, -0.05) is 27.7 Å². The van der Waals surface area contributed by atoms with E-state index < -0.39 is 66.1 Å². The van der Waals surface area contributed by atoms with E-state index in [1.54, 1.807) is 13.8 Å². The van der Waals surface area contributed by atoms with Crippen LogP contribution in [0.5, 0.6) is 0 Å². The fourth-order valence-electron chi connectivity index (χ4n) is 3.10. The Morgan fingerprint density at radius 3 is 1.89 bits per heavy atom. The highest BCUT2D eigenvalue weighted by molar-refractivity contribution is 5.95. The number of guanidine groups is 1. The van der Waals surface area contributed by atoms with Crippen molar-refractivity contribution in [3.8, 4) is 0 Å². The summed E-state index contributed by atoms with van der Waals surface area (Å²) >= 11 is 0. The number of rotatable bonds is 16. The van der Waals surface area contributed by atoms with Gasteiger partial charge in [-0.3, -0.25) is 24.2 Å². The van der Waals surface area contributed by atoms with Crippen molar-refractivity contribution in [3.63, 3.8) is 0 Å². The van der Waals surface area contributed by atoms with Crippen LogP contribution in [0, 0.1) is 11.8 Å². The minimum atomic E-state index is -1.24. The lowest BCUT2D eigenvalue weighted by molar-refractivity contribution is -0.143. The van der Waals surface area contributed by atoms with Crippen LogP contribution in [0.4, 0.5) is 0 Å². The van der Waals surface area contributed by atoms with E-state index >= 15 is 0 Å². The summed E-state index contributed by atoms with van der Waals surface area (Å²) in [4.78, 5) is 64.7. The minimum absolute atomic E-state index is 0.00328. The van der Waals surface area contributed by atoms with Crippen LogP contribution < -0.4 is 38.9 Å². The standard InChI is InChI=1S/C21H40N8O6/c1-10(2)8-14(20(34)35)28-18(32)13(6-5-7-26-21(24)25)27-19(33)16(11(3)4)29-17(31)12(22)9-15(23)30/h10-14,16H,5-9,22H2,1-4H3,(H2,23,30)(H,27,33)(H,28,32)(H,29,31)(H,34,35)(H4,24,25,26). The second-order valence-corrected chi connectivity index (χ2v) is 9.05. The lowest BCUT2D eigenvalue weighted by atomic mass is 10.0. The number of nitrogens with zero attached hydrogens (tertiary/aromatic N) is 1. The summed E-state index contributed by atoms with van der Waals surface area (Å²) in [5.41, 5.74) is 21.3. The normalized spacial score (nSPS) is 14.4. The predicted octanol–water partition coefficient (Wildman–Crippen LogP) is -2.52. The Kier molecular flexibility index (Phi) is 14.0. The number of amides is 4. The maximum atomic E-state index is 13.0. The van der Waals surface area contributed by atoms with Crippen LogP contribution in [0.2, 0.25) is 0 Å². The quantitative estimate of drug-likeness (QED) is 0.0631. The SMILES string of the molecule is CC(C)CC(NC(=O)C(CCCN=C(N)N)NC(=O)C(NC(=O)C(N)CC(N)=O)C(C)C)C(=O)O. The molecule has 14 nitrogen and oxygen atoms in total. The number of carbonyl (C=O) groups is 5. The second-order valence-electron chi connectivity index (χ2n) is 9.05. The summed E-state index contributed by atoms with van der Waals surface area (Å²) in [6, 6.07) is -4.59. The summed E-state index contributed by atoms with van der Waals surface area (Å²) < 4.78 is 0. The largest absolute Gasteiger partial charge is 0.480 e. The number of carboxylic acids is 1. The first-order chi connectivity index (χ1) is 16.1. The first-order valence-electron chi connectivity index (χ1n) is 11.4. The molecule has 0 bridgehead atoms. The molecule has 4 amide bonds. The lowest BCUT2D eigenvalue weighted by Crippen LogP contribution is -2.58. The zero-order valence-corrected chi connectivity index (χ0v) is 20.7. The molecule has 0 aromatic carbocycles. The summed E-state index contributed by atoms with van der Waals surface area (Å²) in [6.45, 7) is 7.15. The van der Waals surface area contributed by atoms with Crippen LogP contribution >= 0.6 is 0 Å². The Hall–Kier alpha value is -3.42. The van der Waals surface area contributed by atoms with Crippen molar-refractivity contribution in [3.05, 3.63) is 0 Å². The van der Waals surface area contributed by atoms with Crippen LogP contribution in [0.1, 0.15) is 53.4 Å². The van der Waals surface area contributed by atoms with Gasteiger partial charge in [-0.05, 0) is 31.1 Å². The number of carboxylic acid groups (broad SMARTS) is 1. The molecule has 0 aromatic rings. The highest BCUT2D eigenvalue weighted by atomic mass is 16.4. The molecule has 14 heteroatoms. The van der Waals surface area contributed by atoms with E-state index in [2.05, 4.69) is 20.9 Å². The van der Waals surface area contributed by atoms with Gasteiger partial charge in [-0.15, -0.1) is 0 Å². The fraction of sp³-hybridized carbons (Fsp3) is 0.714. The molecule has 4 atom stereocenters. The third kappa shape index (κ3) is 13.2. The summed E-state index contributed by atoms with van der Waals surface area (Å²) in [5.74, 6) is -4.65. The molecular formula is C21H40N8O6. The van der Waals surface area contributed by atoms with Gasteiger partial charge < -0.3 is 44.0 Å². The van der Waals surface area contributed by atoms with Crippen molar-refractivity contribution in [1.29, 1.82) is 0 Å². The van der Waals surface area contributed by atoms with Gasteiger partial charge in [0.15, 0.2) is 5.96 Å². The van der Waals surface area contributed by atoms with Gasteiger partial charge in [0.05, 0.1) is 12.5 Å². The minimum Gasteiger partial charge on any atom is -0.480 e. The Morgan fingerprint density at radius 2 is 1.43 bits per heavy atom. The average molecular weight is 501 g/mol. The molecule has 4 unspecified atom stereocenters. The van der Waals surface area contributed by atoms with Crippen LogP contribution in [-0.2, 0) is 24.0 Å². The van der Waals surface area contributed by atoms with Gasteiger partial charge in [0.2, 0.25) is 23.6 Å². The molecular weight excluding hydrogens is 460 g/mol. The smallest absolute Gasteiger partial charge is 0.326 e. The predicted molar refractivity (Wildman–Crippen MR) is 129 cm³/mol. The lowest BCUT2D eigenvalue weighted by Gasteiger charge is -2.27. The number of nitrogens with two attached hydrogens (primary N) is 4. The molecule has 0 aliphatic carbocycles. The maximum Gasteiger partial charge on any atom is 0.326 e. The van der Waals surface area contributed by atoms with E-state index in [9.17, 15) is 29.1 Å². The molecule has 0 aliphatic heterocycles. The Balaban J connectivity index is 5.58. The molecule has 0 aliphatic rings. The van der Waals surface area contributed by atoms with Gasteiger partial charge in [0, 0.05) is 6.54 Å². The van der Waals surface area contributed by atoms with Crippen molar-refractivity contribution in [1.82, 2.24) is 16.0 Å². The highest BCUT2D eigenvalue weighted by Gasteiger charge is 2.32. The molecule has 200 valence electrons. The first-order valence-corrected chi connectivity index (χ1v) is 11.4. The third-order valence-corrected chi connectivity index (χ3v) is 4.90. The van der Waals surface area contributed by atoms with Crippen LogP contribution in [-0.4, -0.2) is 71.4 Å². The van der Waals surface area contributed by atoms with Crippen molar-refractivity contribution in [2.45, 2.75) is 77.5 Å². The third-order valence-electron chi connectivity index (χ3n) is 4.90. The average Bonchev–Trinajstić information content (AvgIpc) is 2.71. The van der Waals surface area contributed by atoms with E-state index in [1.807, 2.05) is 13.8 Å². The van der Waals surface area contributed by atoms with Gasteiger partial charge in [-0.2, -0.15) is 0 Å². The molecule has 0 rings (SSSR count). The van der Waals surface area contributed by atoms with Crippen molar-refractivity contribution in [2.75, 3.05) is 6.54 Å². The number of hydrogen-bond donors (Lipinski definition) is 8. The molecule has 0 saturated carbocycles. The van der Waals surface area contributed by atoms with Crippen molar-refractivity contribution >= 4 is 35.6 Å². The van der Waals surface area contributed by atoms with Crippen LogP contribution in [0.15, 0.2) is 4.99 Å². The number of carbonyl (C=O) groups excluding carboxylic acids is 4.